The van der Waals surface area contributed by atoms with Crippen molar-refractivity contribution < 1.29 is 8.42 Å². The average molecular weight is 391 g/mol. The first-order valence-electron chi connectivity index (χ1n) is 9.30. The van der Waals surface area contributed by atoms with Gasteiger partial charge in [-0.1, -0.05) is 6.92 Å². The number of nitrogens with zero attached hydrogens (tertiary/aromatic N) is 3. The fraction of sp³-hybridized carbons (Fsp3) is 0.611. The Morgan fingerprint density at radius 1 is 1.41 bits per heavy atom. The van der Waals surface area contributed by atoms with Crippen LogP contribution in [-0.2, 0) is 10.0 Å². The maximum atomic E-state index is 12.5. The lowest BCUT2D eigenvalue weighted by Gasteiger charge is -2.45. The number of sulfonamides is 1. The summed E-state index contributed by atoms with van der Waals surface area (Å²) < 4.78 is 27.9. The predicted molar refractivity (Wildman–Crippen MR) is 106 cm³/mol. The molecule has 27 heavy (non-hydrogen) atoms. The van der Waals surface area contributed by atoms with Gasteiger partial charge in [0.15, 0.2) is 0 Å². The number of nitrogens with one attached hydrogen (secondary N) is 3. The maximum Gasteiger partial charge on any atom is 0.212 e. The number of hydrogen-bond acceptors (Lipinski definition) is 6. The highest BCUT2D eigenvalue weighted by atomic mass is 32.2. The first kappa shape index (κ1) is 18.4. The van der Waals surface area contributed by atoms with Crippen LogP contribution in [0.5, 0.6) is 0 Å². The molecule has 0 saturated heterocycles. The third kappa shape index (κ3) is 3.58. The Kier molecular flexibility index (Phi) is 4.46. The molecule has 2 aromatic rings. The van der Waals surface area contributed by atoms with Gasteiger partial charge in [0.25, 0.3) is 0 Å². The molecule has 0 aliphatic heterocycles. The minimum absolute atomic E-state index is 0.0202. The van der Waals surface area contributed by atoms with Crippen LogP contribution in [0.4, 0.5) is 5.82 Å². The van der Waals surface area contributed by atoms with Crippen LogP contribution >= 0.6 is 0 Å². The van der Waals surface area contributed by atoms with Crippen LogP contribution in [0.15, 0.2) is 18.6 Å². The van der Waals surface area contributed by atoms with Gasteiger partial charge < -0.3 is 15.3 Å². The van der Waals surface area contributed by atoms with Gasteiger partial charge in [-0.15, -0.1) is 0 Å². The first-order chi connectivity index (χ1) is 12.8. The fourth-order valence-electron chi connectivity index (χ4n) is 4.51. The summed E-state index contributed by atoms with van der Waals surface area (Å²) in [6, 6.07) is 2.20. The second-order valence-electron chi connectivity index (χ2n) is 8.39. The van der Waals surface area contributed by atoms with Crippen molar-refractivity contribution in [3.8, 4) is 0 Å². The van der Waals surface area contributed by atoms with Crippen molar-refractivity contribution in [2.75, 3.05) is 17.7 Å². The second-order valence-corrected chi connectivity index (χ2v) is 10.1. The molecule has 9 heteroatoms. The Morgan fingerprint density at radius 2 is 2.15 bits per heavy atom. The Hall–Kier alpha value is -2.00. The number of anilines is 1. The second kappa shape index (κ2) is 6.56. The molecule has 0 radical (unpaired) electrons. The van der Waals surface area contributed by atoms with Gasteiger partial charge in [-0.3, -0.25) is 0 Å². The van der Waals surface area contributed by atoms with E-state index in [1.807, 2.05) is 26.2 Å². The summed E-state index contributed by atoms with van der Waals surface area (Å²) in [5.41, 5.74) is 0.606. The van der Waals surface area contributed by atoms with Crippen LogP contribution in [-0.4, -0.2) is 54.5 Å². The lowest BCUT2D eigenvalue weighted by Crippen LogP contribution is -2.55. The lowest BCUT2D eigenvalue weighted by molar-refractivity contribution is 0.150. The topological polar surface area (TPSA) is 115 Å². The monoisotopic (exact) mass is 390 g/mol. The van der Waals surface area contributed by atoms with E-state index in [1.54, 1.807) is 6.33 Å². The van der Waals surface area contributed by atoms with Gasteiger partial charge in [0, 0.05) is 25.3 Å². The van der Waals surface area contributed by atoms with Crippen LogP contribution in [0.25, 0.3) is 11.0 Å². The fourth-order valence-corrected chi connectivity index (χ4v) is 6.45. The highest BCUT2D eigenvalue weighted by Crippen LogP contribution is 2.45. The largest absolute Gasteiger partial charge is 0.356 e. The molecular weight excluding hydrogens is 364 g/mol. The van der Waals surface area contributed by atoms with Crippen molar-refractivity contribution in [1.29, 1.82) is 5.41 Å². The van der Waals surface area contributed by atoms with E-state index in [2.05, 4.69) is 24.6 Å². The molecule has 2 heterocycles. The van der Waals surface area contributed by atoms with E-state index in [-0.39, 0.29) is 29.2 Å². The summed E-state index contributed by atoms with van der Waals surface area (Å²) in [5, 5.41) is 8.26. The molecule has 146 valence electrons. The van der Waals surface area contributed by atoms with Crippen LogP contribution in [0.1, 0.15) is 32.6 Å². The van der Waals surface area contributed by atoms with Gasteiger partial charge in [0.1, 0.15) is 17.8 Å². The normalized spacial score (nSPS) is 30.5. The van der Waals surface area contributed by atoms with E-state index in [1.165, 1.54) is 6.21 Å². The third-order valence-corrected chi connectivity index (χ3v) is 7.73. The zero-order chi connectivity index (χ0) is 19.2. The molecule has 2 aliphatic carbocycles. The number of H-pyrrole nitrogens is 1. The summed E-state index contributed by atoms with van der Waals surface area (Å²) in [7, 11) is -1.31. The lowest BCUT2D eigenvalue weighted by atomic mass is 9.65. The van der Waals surface area contributed by atoms with E-state index < -0.39 is 10.0 Å². The Bertz CT molecular complexity index is 944. The molecule has 2 saturated carbocycles. The Morgan fingerprint density at radius 3 is 2.85 bits per heavy atom. The molecule has 0 aromatic carbocycles. The number of aromatic amines is 1. The summed E-state index contributed by atoms with van der Waals surface area (Å²) >= 11 is 0. The van der Waals surface area contributed by atoms with Crippen molar-refractivity contribution in [2.24, 2.45) is 11.3 Å². The third-order valence-electron chi connectivity index (χ3n) is 5.96. The molecule has 2 aromatic heterocycles. The summed E-state index contributed by atoms with van der Waals surface area (Å²) in [4.78, 5) is 13.8. The van der Waals surface area contributed by atoms with Gasteiger partial charge in [-0.05, 0) is 49.3 Å². The predicted octanol–water partition coefficient (Wildman–Crippen LogP) is 1.91. The van der Waals surface area contributed by atoms with Crippen molar-refractivity contribution in [3.05, 3.63) is 18.6 Å². The van der Waals surface area contributed by atoms with Crippen LogP contribution in [0, 0.1) is 16.7 Å². The SMILES string of the molecule is CN(c1ncnc2[nH]ccc12)[C@H]1C[C@@H](NS(=O)(=O)C[C@]2(C)C[C@@H](C=N)C2)C1. The smallest absolute Gasteiger partial charge is 0.212 e. The average Bonchev–Trinajstić information content (AvgIpc) is 3.03. The Balaban J connectivity index is 1.33. The van der Waals surface area contributed by atoms with E-state index in [4.69, 9.17) is 5.41 Å². The van der Waals surface area contributed by atoms with Crippen LogP contribution in [0.3, 0.4) is 0 Å². The molecule has 2 fully saturated rings. The molecule has 3 N–H and O–H groups in total. The summed E-state index contributed by atoms with van der Waals surface area (Å²) in [6.07, 6.45) is 7.93. The van der Waals surface area contributed by atoms with Gasteiger partial charge in [0.05, 0.1) is 11.1 Å². The van der Waals surface area contributed by atoms with Crippen molar-refractivity contribution in [3.63, 3.8) is 0 Å². The van der Waals surface area contributed by atoms with Gasteiger partial charge in [-0.2, -0.15) is 0 Å². The molecule has 0 spiro atoms. The van der Waals surface area contributed by atoms with E-state index >= 15 is 0 Å². The molecule has 0 amide bonds. The summed E-state index contributed by atoms with van der Waals surface area (Å²) in [6.45, 7) is 2.00. The van der Waals surface area contributed by atoms with Crippen molar-refractivity contribution in [2.45, 2.75) is 44.7 Å². The van der Waals surface area contributed by atoms with Crippen molar-refractivity contribution in [1.82, 2.24) is 19.7 Å². The van der Waals surface area contributed by atoms with Gasteiger partial charge in [-0.25, -0.2) is 23.1 Å². The molecule has 2 aliphatic rings. The molecule has 0 unspecified atom stereocenters. The van der Waals surface area contributed by atoms with Gasteiger partial charge >= 0.3 is 0 Å². The van der Waals surface area contributed by atoms with Crippen LogP contribution in [0.2, 0.25) is 0 Å². The van der Waals surface area contributed by atoms with E-state index in [0.717, 1.165) is 42.5 Å². The quantitative estimate of drug-likeness (QED) is 0.625. The van der Waals surface area contributed by atoms with Crippen LogP contribution < -0.4 is 9.62 Å². The maximum absolute atomic E-state index is 12.5. The van der Waals surface area contributed by atoms with Gasteiger partial charge in [0.2, 0.25) is 10.0 Å². The number of fused-ring (bicyclic) bond motifs is 1. The highest BCUT2D eigenvalue weighted by molar-refractivity contribution is 7.89. The molecule has 0 bridgehead atoms. The zero-order valence-electron chi connectivity index (χ0n) is 15.6. The molecule has 8 nitrogen and oxygen atoms in total. The Labute approximate surface area is 159 Å². The number of aromatic nitrogens is 3. The van der Waals surface area contributed by atoms with E-state index in [0.29, 0.717) is 0 Å². The molecule has 4 rings (SSSR count). The standard InChI is InChI=1S/C18H26N6O2S/c1-18(7-12(8-18)9-19)10-27(25,26)23-13-5-14(6-13)24(2)17-15-3-4-20-16(15)21-11-22-17/h3-4,9,11-14,19,23H,5-8,10H2,1-2H3,(H,20,21,22)/t12-,13-,14+,18-. The minimum atomic E-state index is -3.31. The summed E-state index contributed by atoms with van der Waals surface area (Å²) in [5.74, 6) is 1.26. The zero-order valence-corrected chi connectivity index (χ0v) is 16.5. The number of rotatable bonds is 7. The molecule has 0 atom stereocenters. The minimum Gasteiger partial charge on any atom is -0.356 e. The number of hydrogen-bond donors (Lipinski definition) is 3. The van der Waals surface area contributed by atoms with E-state index in [9.17, 15) is 8.42 Å². The first-order valence-corrected chi connectivity index (χ1v) is 11.0. The van der Waals surface area contributed by atoms with Crippen molar-refractivity contribution >= 4 is 33.1 Å². The molecular formula is C18H26N6O2S. The highest BCUT2D eigenvalue weighted by Gasteiger charge is 2.44.